The molecule has 0 unspecified atom stereocenters. The number of carbonyl (C=O) groups is 1. The van der Waals surface area contributed by atoms with Crippen LogP contribution in [-0.2, 0) is 11.2 Å². The van der Waals surface area contributed by atoms with Gasteiger partial charge < -0.3 is 14.9 Å². The van der Waals surface area contributed by atoms with Crippen LogP contribution in [0.3, 0.4) is 0 Å². The standard InChI is InChI=1S/C28H29N3O/c32-27(30-28-13-18-9-19(14-28)11-20(10-18)15-28)12-21-17-31(25-8-4-2-5-22(21)25)26-16-29-24-7-3-1-6-23(24)26/h1-8,16-20,29H,9-15H2,(H,30,32). The predicted octanol–water partition coefficient (Wildman–Crippen LogP) is 5.74. The van der Waals surface area contributed by atoms with Crippen LogP contribution >= 0.6 is 0 Å². The van der Waals surface area contributed by atoms with Gasteiger partial charge >= 0.3 is 0 Å². The number of aromatic nitrogens is 2. The Labute approximate surface area is 188 Å². The number of nitrogens with one attached hydrogen (secondary N) is 2. The summed E-state index contributed by atoms with van der Waals surface area (Å²) in [5.41, 5.74) is 4.58. The number of fused-ring (bicyclic) bond motifs is 2. The van der Waals surface area contributed by atoms with Crippen LogP contribution in [0.15, 0.2) is 60.9 Å². The number of para-hydroxylation sites is 2. The van der Waals surface area contributed by atoms with Gasteiger partial charge in [0.1, 0.15) is 0 Å². The minimum absolute atomic E-state index is 0.0705. The first kappa shape index (κ1) is 18.6. The van der Waals surface area contributed by atoms with Crippen LogP contribution < -0.4 is 5.32 Å². The molecule has 2 N–H and O–H groups in total. The summed E-state index contributed by atoms with van der Waals surface area (Å²) >= 11 is 0. The molecule has 4 fully saturated rings. The third-order valence-corrected chi connectivity index (χ3v) is 8.42. The van der Waals surface area contributed by atoms with E-state index in [1.807, 2.05) is 0 Å². The van der Waals surface area contributed by atoms with Crippen molar-refractivity contribution < 1.29 is 4.79 Å². The molecule has 0 aliphatic heterocycles. The van der Waals surface area contributed by atoms with Crippen LogP contribution in [0.4, 0.5) is 0 Å². The van der Waals surface area contributed by atoms with E-state index >= 15 is 0 Å². The smallest absolute Gasteiger partial charge is 0.224 e. The quantitative estimate of drug-likeness (QED) is 0.432. The average molecular weight is 424 g/mol. The zero-order valence-electron chi connectivity index (χ0n) is 18.3. The number of rotatable bonds is 4. The Hall–Kier alpha value is -3.01. The van der Waals surface area contributed by atoms with Crippen LogP contribution in [0.5, 0.6) is 0 Å². The molecule has 32 heavy (non-hydrogen) atoms. The maximum atomic E-state index is 13.3. The van der Waals surface area contributed by atoms with Crippen molar-refractivity contribution >= 4 is 27.7 Å². The summed E-state index contributed by atoms with van der Waals surface area (Å²) in [7, 11) is 0. The molecule has 0 saturated heterocycles. The van der Waals surface area contributed by atoms with Crippen molar-refractivity contribution in [3.8, 4) is 5.69 Å². The van der Waals surface area contributed by atoms with Gasteiger partial charge in [0.25, 0.3) is 0 Å². The number of amides is 1. The number of aromatic amines is 1. The normalized spacial score (nSPS) is 28.6. The molecule has 2 heterocycles. The summed E-state index contributed by atoms with van der Waals surface area (Å²) in [5.74, 6) is 2.70. The van der Waals surface area contributed by atoms with Crippen LogP contribution in [-0.4, -0.2) is 21.0 Å². The Morgan fingerprint density at radius 2 is 1.59 bits per heavy atom. The van der Waals surface area contributed by atoms with Gasteiger partial charge in [-0.05, 0) is 74.0 Å². The van der Waals surface area contributed by atoms with Gasteiger partial charge in [-0.2, -0.15) is 0 Å². The average Bonchev–Trinajstić information content (AvgIpc) is 3.34. The monoisotopic (exact) mass is 423 g/mol. The molecular weight excluding hydrogens is 394 g/mol. The van der Waals surface area contributed by atoms with Gasteiger partial charge in [0.05, 0.1) is 17.6 Å². The molecule has 4 aliphatic carbocycles. The fourth-order valence-electron chi connectivity index (χ4n) is 7.62. The second-order valence-corrected chi connectivity index (χ2v) is 10.7. The first-order valence-corrected chi connectivity index (χ1v) is 12.1. The summed E-state index contributed by atoms with van der Waals surface area (Å²) in [4.78, 5) is 16.7. The molecule has 4 bridgehead atoms. The lowest BCUT2D eigenvalue weighted by atomic mass is 9.53. The molecule has 0 radical (unpaired) electrons. The van der Waals surface area contributed by atoms with E-state index in [1.165, 1.54) is 49.3 Å². The molecule has 4 saturated carbocycles. The van der Waals surface area contributed by atoms with Crippen molar-refractivity contribution in [3.63, 3.8) is 0 Å². The molecule has 4 nitrogen and oxygen atoms in total. The Balaban J connectivity index is 1.21. The van der Waals surface area contributed by atoms with Gasteiger partial charge in [-0.15, -0.1) is 0 Å². The first-order chi connectivity index (χ1) is 15.7. The van der Waals surface area contributed by atoms with Gasteiger partial charge in [-0.25, -0.2) is 0 Å². The van der Waals surface area contributed by atoms with E-state index in [1.54, 1.807) is 0 Å². The van der Waals surface area contributed by atoms with E-state index in [0.717, 1.165) is 40.0 Å². The number of hydrogen-bond donors (Lipinski definition) is 2. The highest BCUT2D eigenvalue weighted by Gasteiger charge is 2.51. The third kappa shape index (κ3) is 2.85. The highest BCUT2D eigenvalue weighted by Crippen LogP contribution is 2.55. The van der Waals surface area contributed by atoms with E-state index in [2.05, 4.69) is 75.8 Å². The van der Waals surface area contributed by atoms with Crippen LogP contribution in [0.1, 0.15) is 44.1 Å². The summed E-state index contributed by atoms with van der Waals surface area (Å²) in [6.45, 7) is 0. The number of carbonyl (C=O) groups excluding carboxylic acids is 1. The lowest BCUT2D eigenvalue weighted by molar-refractivity contribution is -0.126. The van der Waals surface area contributed by atoms with Crippen molar-refractivity contribution in [1.82, 2.24) is 14.9 Å². The molecule has 2 aromatic carbocycles. The van der Waals surface area contributed by atoms with Crippen molar-refractivity contribution in [2.45, 2.75) is 50.5 Å². The highest BCUT2D eigenvalue weighted by molar-refractivity contribution is 5.94. The lowest BCUT2D eigenvalue weighted by Gasteiger charge is -2.56. The van der Waals surface area contributed by atoms with E-state index in [0.29, 0.717) is 6.42 Å². The second kappa shape index (κ2) is 6.74. The summed E-state index contributed by atoms with van der Waals surface area (Å²) in [5, 5.41) is 5.91. The Bertz CT molecular complexity index is 1310. The second-order valence-electron chi connectivity index (χ2n) is 10.7. The maximum Gasteiger partial charge on any atom is 0.224 e. The zero-order chi connectivity index (χ0) is 21.3. The van der Waals surface area contributed by atoms with Gasteiger partial charge in [-0.3, -0.25) is 4.79 Å². The SMILES string of the molecule is O=C(Cc1cn(-c2c[nH]c3ccccc23)c2ccccc12)NC12CC3CC(CC(C3)C1)C2. The van der Waals surface area contributed by atoms with E-state index in [9.17, 15) is 4.79 Å². The summed E-state index contributed by atoms with van der Waals surface area (Å²) in [6, 6.07) is 16.8. The Morgan fingerprint density at radius 3 is 2.34 bits per heavy atom. The van der Waals surface area contributed by atoms with Gasteiger partial charge in [-0.1, -0.05) is 36.4 Å². The Morgan fingerprint density at radius 1 is 0.938 bits per heavy atom. The summed E-state index contributed by atoms with van der Waals surface area (Å²) in [6.07, 6.45) is 12.5. The van der Waals surface area contributed by atoms with E-state index < -0.39 is 0 Å². The minimum atomic E-state index is 0.0705. The van der Waals surface area contributed by atoms with Gasteiger partial charge in [0, 0.05) is 34.2 Å². The number of H-pyrrole nitrogens is 1. The molecule has 4 aromatic rings. The predicted molar refractivity (Wildman–Crippen MR) is 128 cm³/mol. The third-order valence-electron chi connectivity index (χ3n) is 8.42. The number of hydrogen-bond acceptors (Lipinski definition) is 1. The number of benzene rings is 2. The highest BCUT2D eigenvalue weighted by atomic mass is 16.1. The zero-order valence-corrected chi connectivity index (χ0v) is 18.3. The largest absolute Gasteiger partial charge is 0.359 e. The minimum Gasteiger partial charge on any atom is -0.359 e. The molecule has 1 amide bonds. The van der Waals surface area contributed by atoms with Crippen molar-refractivity contribution in [2.24, 2.45) is 17.8 Å². The van der Waals surface area contributed by atoms with E-state index in [4.69, 9.17) is 0 Å². The van der Waals surface area contributed by atoms with Crippen molar-refractivity contribution in [2.75, 3.05) is 0 Å². The maximum absolute atomic E-state index is 13.3. The Kier molecular flexibility index (Phi) is 3.91. The summed E-state index contributed by atoms with van der Waals surface area (Å²) < 4.78 is 2.24. The molecule has 2 aromatic heterocycles. The molecular formula is C28H29N3O. The fraction of sp³-hybridized carbons (Fsp3) is 0.393. The van der Waals surface area contributed by atoms with Crippen LogP contribution in [0, 0.1) is 17.8 Å². The lowest BCUT2D eigenvalue weighted by Crippen LogP contribution is -2.60. The molecule has 162 valence electrons. The van der Waals surface area contributed by atoms with Crippen molar-refractivity contribution in [3.05, 3.63) is 66.5 Å². The molecule has 8 rings (SSSR count). The van der Waals surface area contributed by atoms with Crippen LogP contribution in [0.2, 0.25) is 0 Å². The fourth-order valence-corrected chi connectivity index (χ4v) is 7.62. The molecule has 0 atom stereocenters. The molecule has 4 heteroatoms. The van der Waals surface area contributed by atoms with E-state index in [-0.39, 0.29) is 11.4 Å². The molecule has 4 aliphatic rings. The molecule has 0 spiro atoms. The van der Waals surface area contributed by atoms with Crippen molar-refractivity contribution in [1.29, 1.82) is 0 Å². The number of nitrogens with zero attached hydrogens (tertiary/aromatic N) is 1. The first-order valence-electron chi connectivity index (χ1n) is 12.1. The van der Waals surface area contributed by atoms with Gasteiger partial charge in [0.2, 0.25) is 5.91 Å². The topological polar surface area (TPSA) is 49.8 Å². The van der Waals surface area contributed by atoms with Gasteiger partial charge in [0.15, 0.2) is 0 Å². The van der Waals surface area contributed by atoms with Crippen LogP contribution in [0.25, 0.3) is 27.5 Å².